The van der Waals surface area contributed by atoms with Crippen LogP contribution in [0.15, 0.2) is 12.1 Å². The zero-order valence-corrected chi connectivity index (χ0v) is 13.9. The summed E-state index contributed by atoms with van der Waals surface area (Å²) in [4.78, 5) is 12.7. The van der Waals surface area contributed by atoms with Crippen molar-refractivity contribution in [3.05, 3.63) is 17.7 Å². The van der Waals surface area contributed by atoms with Crippen molar-refractivity contribution in [2.45, 2.75) is 45.1 Å². The van der Waals surface area contributed by atoms with E-state index in [0.29, 0.717) is 24.0 Å². The molecule has 0 amide bonds. The molecule has 4 nitrogen and oxygen atoms in total. The first-order chi connectivity index (χ1) is 10.4. The standard InChI is InChI=1S/C18H24O4/c1-10(2)11-6-13-17-14(21-5)8-12(20-4)9-15(17)22-18(13,3)16(19)7-11/h8-11,13H,6-7H2,1-5H3/t11-,13+,18-/m1/s1. The predicted molar refractivity (Wildman–Crippen MR) is 83.9 cm³/mol. The van der Waals surface area contributed by atoms with Crippen molar-refractivity contribution in [1.29, 1.82) is 0 Å². The molecular weight excluding hydrogens is 280 g/mol. The van der Waals surface area contributed by atoms with Crippen LogP contribution in [0.3, 0.4) is 0 Å². The van der Waals surface area contributed by atoms with E-state index in [4.69, 9.17) is 14.2 Å². The van der Waals surface area contributed by atoms with Crippen LogP contribution >= 0.6 is 0 Å². The minimum atomic E-state index is -0.770. The molecule has 0 bridgehead atoms. The smallest absolute Gasteiger partial charge is 0.176 e. The third-order valence-corrected chi connectivity index (χ3v) is 5.35. The molecule has 1 saturated carbocycles. The Morgan fingerprint density at radius 3 is 2.59 bits per heavy atom. The number of hydrogen-bond acceptors (Lipinski definition) is 4. The Labute approximate surface area is 131 Å². The van der Waals surface area contributed by atoms with E-state index in [-0.39, 0.29) is 11.7 Å². The molecule has 1 aliphatic carbocycles. The number of Topliss-reactive ketones (excluding diaryl/α,β-unsaturated/α-hetero) is 1. The second kappa shape index (κ2) is 5.18. The van der Waals surface area contributed by atoms with Gasteiger partial charge in [-0.25, -0.2) is 0 Å². The normalized spacial score (nSPS) is 29.8. The Hall–Kier alpha value is -1.71. The maximum Gasteiger partial charge on any atom is 0.176 e. The van der Waals surface area contributed by atoms with E-state index < -0.39 is 5.60 Å². The maximum atomic E-state index is 12.7. The molecule has 1 aromatic carbocycles. The zero-order valence-electron chi connectivity index (χ0n) is 13.9. The SMILES string of the molecule is COc1cc(OC)c2c(c1)O[C@@]1(C)C(=O)C[C@H](C(C)C)C[C@@H]21. The number of carbonyl (C=O) groups is 1. The summed E-state index contributed by atoms with van der Waals surface area (Å²) in [5.74, 6) is 3.29. The molecule has 1 heterocycles. The average molecular weight is 304 g/mol. The molecule has 0 unspecified atom stereocenters. The summed E-state index contributed by atoms with van der Waals surface area (Å²) in [5, 5.41) is 0. The predicted octanol–water partition coefficient (Wildman–Crippen LogP) is 3.57. The summed E-state index contributed by atoms with van der Waals surface area (Å²) in [6.45, 7) is 6.29. The number of carbonyl (C=O) groups excluding carboxylic acids is 1. The van der Waals surface area contributed by atoms with Crippen molar-refractivity contribution < 1.29 is 19.0 Å². The molecule has 3 atom stereocenters. The average Bonchev–Trinajstić information content (AvgIpc) is 2.79. The van der Waals surface area contributed by atoms with Gasteiger partial charge in [-0.2, -0.15) is 0 Å². The molecule has 1 fully saturated rings. The fourth-order valence-corrected chi connectivity index (χ4v) is 3.80. The van der Waals surface area contributed by atoms with Gasteiger partial charge in [0.15, 0.2) is 11.4 Å². The van der Waals surface area contributed by atoms with Gasteiger partial charge in [-0.3, -0.25) is 4.79 Å². The van der Waals surface area contributed by atoms with E-state index in [1.54, 1.807) is 14.2 Å². The van der Waals surface area contributed by atoms with Crippen LogP contribution in [0.4, 0.5) is 0 Å². The fraction of sp³-hybridized carbons (Fsp3) is 0.611. The van der Waals surface area contributed by atoms with Crippen molar-refractivity contribution in [3.8, 4) is 17.2 Å². The first kappa shape index (κ1) is 15.2. The number of hydrogen-bond donors (Lipinski definition) is 0. The highest BCUT2D eigenvalue weighted by Crippen LogP contribution is 2.56. The maximum absolute atomic E-state index is 12.7. The number of methoxy groups -OCH3 is 2. The molecule has 0 saturated heterocycles. The Morgan fingerprint density at radius 2 is 2.00 bits per heavy atom. The van der Waals surface area contributed by atoms with E-state index in [1.165, 1.54) is 0 Å². The Kier molecular flexibility index (Phi) is 3.58. The highest BCUT2D eigenvalue weighted by atomic mass is 16.5. The topological polar surface area (TPSA) is 44.8 Å². The van der Waals surface area contributed by atoms with Gasteiger partial charge in [-0.15, -0.1) is 0 Å². The number of fused-ring (bicyclic) bond motifs is 3. The first-order valence-electron chi connectivity index (χ1n) is 7.89. The largest absolute Gasteiger partial charge is 0.496 e. The van der Waals surface area contributed by atoms with Crippen LogP contribution in [-0.2, 0) is 4.79 Å². The van der Waals surface area contributed by atoms with Crippen LogP contribution in [0.25, 0.3) is 0 Å². The highest BCUT2D eigenvalue weighted by Gasteiger charge is 2.55. The molecule has 22 heavy (non-hydrogen) atoms. The lowest BCUT2D eigenvalue weighted by atomic mass is 9.66. The van der Waals surface area contributed by atoms with Crippen LogP contribution in [0.1, 0.15) is 45.1 Å². The Bertz CT molecular complexity index is 607. The van der Waals surface area contributed by atoms with E-state index in [1.807, 2.05) is 19.1 Å². The minimum Gasteiger partial charge on any atom is -0.496 e. The van der Waals surface area contributed by atoms with E-state index in [2.05, 4.69) is 13.8 Å². The van der Waals surface area contributed by atoms with Crippen molar-refractivity contribution in [1.82, 2.24) is 0 Å². The van der Waals surface area contributed by atoms with Gasteiger partial charge in [0.25, 0.3) is 0 Å². The summed E-state index contributed by atoms with van der Waals surface area (Å²) in [6, 6.07) is 3.73. The van der Waals surface area contributed by atoms with Gasteiger partial charge in [0.1, 0.15) is 17.2 Å². The summed E-state index contributed by atoms with van der Waals surface area (Å²) in [5.41, 5.74) is 0.248. The van der Waals surface area contributed by atoms with Crippen molar-refractivity contribution in [2.75, 3.05) is 14.2 Å². The van der Waals surface area contributed by atoms with Gasteiger partial charge >= 0.3 is 0 Å². The molecule has 0 radical (unpaired) electrons. The molecule has 2 aliphatic rings. The van der Waals surface area contributed by atoms with Gasteiger partial charge in [-0.05, 0) is 25.2 Å². The molecule has 0 spiro atoms. The molecule has 0 aromatic heterocycles. The number of ether oxygens (including phenoxy) is 3. The summed E-state index contributed by atoms with van der Waals surface area (Å²) in [6.07, 6.45) is 1.55. The number of ketones is 1. The van der Waals surface area contributed by atoms with Crippen LogP contribution in [-0.4, -0.2) is 25.6 Å². The van der Waals surface area contributed by atoms with Gasteiger partial charge in [0.05, 0.1) is 14.2 Å². The Morgan fingerprint density at radius 1 is 1.27 bits per heavy atom. The Balaban J connectivity index is 2.09. The van der Waals surface area contributed by atoms with E-state index in [9.17, 15) is 4.79 Å². The van der Waals surface area contributed by atoms with Gasteiger partial charge in [0.2, 0.25) is 0 Å². The summed E-state index contributed by atoms with van der Waals surface area (Å²) < 4.78 is 17.0. The molecule has 120 valence electrons. The third kappa shape index (κ3) is 2.08. The highest BCUT2D eigenvalue weighted by molar-refractivity contribution is 5.91. The minimum absolute atomic E-state index is 0.0528. The molecule has 1 aromatic rings. The lowest BCUT2D eigenvalue weighted by molar-refractivity contribution is -0.138. The fourth-order valence-electron chi connectivity index (χ4n) is 3.80. The molecule has 1 aliphatic heterocycles. The van der Waals surface area contributed by atoms with Crippen LogP contribution in [0, 0.1) is 11.8 Å². The van der Waals surface area contributed by atoms with Gasteiger partial charge < -0.3 is 14.2 Å². The van der Waals surface area contributed by atoms with Crippen molar-refractivity contribution in [2.24, 2.45) is 11.8 Å². The van der Waals surface area contributed by atoms with Crippen LogP contribution in [0.2, 0.25) is 0 Å². The summed E-state index contributed by atoms with van der Waals surface area (Å²) >= 11 is 0. The monoisotopic (exact) mass is 304 g/mol. The molecular formula is C18H24O4. The van der Waals surface area contributed by atoms with Crippen molar-refractivity contribution >= 4 is 5.78 Å². The first-order valence-corrected chi connectivity index (χ1v) is 7.89. The van der Waals surface area contributed by atoms with Crippen molar-refractivity contribution in [3.63, 3.8) is 0 Å². The van der Waals surface area contributed by atoms with Gasteiger partial charge in [-0.1, -0.05) is 13.8 Å². The quantitative estimate of drug-likeness (QED) is 0.856. The van der Waals surface area contributed by atoms with Gasteiger partial charge in [0, 0.05) is 30.0 Å². The zero-order chi connectivity index (χ0) is 16.1. The van der Waals surface area contributed by atoms with Crippen LogP contribution < -0.4 is 14.2 Å². The molecule has 4 heteroatoms. The summed E-state index contributed by atoms with van der Waals surface area (Å²) in [7, 11) is 3.26. The lowest BCUT2D eigenvalue weighted by Crippen LogP contribution is -2.48. The number of rotatable bonds is 3. The van der Waals surface area contributed by atoms with Crippen LogP contribution in [0.5, 0.6) is 17.2 Å². The molecule has 3 rings (SSSR count). The second-order valence-electron chi connectivity index (χ2n) is 6.87. The van der Waals surface area contributed by atoms with E-state index in [0.717, 1.165) is 23.5 Å². The third-order valence-electron chi connectivity index (χ3n) is 5.35. The lowest BCUT2D eigenvalue weighted by Gasteiger charge is -2.39. The van der Waals surface area contributed by atoms with E-state index >= 15 is 0 Å². The molecule has 0 N–H and O–H groups in total. The second-order valence-corrected chi connectivity index (χ2v) is 6.87. The number of benzene rings is 1.